The van der Waals surface area contributed by atoms with E-state index in [1.54, 1.807) is 0 Å². The molecule has 0 fully saturated rings. The quantitative estimate of drug-likeness (QED) is 0.700. The largest absolute Gasteiger partial charge is 0.373 e. The fraction of sp³-hybridized carbons (Fsp3) is 0.100. The van der Waals surface area contributed by atoms with Gasteiger partial charge in [0.05, 0.1) is 6.07 Å². The first-order chi connectivity index (χ1) is 6.31. The van der Waals surface area contributed by atoms with Gasteiger partial charge in [-0.1, -0.05) is 18.2 Å². The van der Waals surface area contributed by atoms with Crippen molar-refractivity contribution in [3.63, 3.8) is 0 Å². The summed E-state index contributed by atoms with van der Waals surface area (Å²) in [5.74, 6) is 0. The van der Waals surface area contributed by atoms with Gasteiger partial charge in [-0.2, -0.15) is 5.26 Å². The number of rotatable bonds is 1. The number of hydrogen-bond acceptors (Lipinski definition) is 3. The lowest BCUT2D eigenvalue weighted by Crippen LogP contribution is -1.86. The molecule has 0 amide bonds. The van der Waals surface area contributed by atoms with Gasteiger partial charge in [0.2, 0.25) is 0 Å². The summed E-state index contributed by atoms with van der Waals surface area (Å²) in [7, 11) is 0. The van der Waals surface area contributed by atoms with Crippen LogP contribution in [0.4, 0.5) is 0 Å². The van der Waals surface area contributed by atoms with Crippen molar-refractivity contribution in [2.45, 2.75) is 6.10 Å². The zero-order valence-corrected chi connectivity index (χ0v) is 7.58. The van der Waals surface area contributed by atoms with Crippen LogP contribution in [0.5, 0.6) is 0 Å². The van der Waals surface area contributed by atoms with Gasteiger partial charge in [0.1, 0.15) is 0 Å². The fourth-order valence-corrected chi connectivity index (χ4v) is 2.20. The molecule has 2 aromatic rings. The van der Waals surface area contributed by atoms with Gasteiger partial charge >= 0.3 is 0 Å². The summed E-state index contributed by atoms with van der Waals surface area (Å²) in [4.78, 5) is 0.712. The smallest absolute Gasteiger partial charge is 0.175 e. The lowest BCUT2D eigenvalue weighted by Gasteiger charge is -1.92. The minimum absolute atomic E-state index is 0.712. The van der Waals surface area contributed by atoms with Gasteiger partial charge in [0.25, 0.3) is 0 Å². The first-order valence-electron chi connectivity index (χ1n) is 3.87. The number of thiophene rings is 1. The maximum absolute atomic E-state index is 9.28. The van der Waals surface area contributed by atoms with E-state index < -0.39 is 6.10 Å². The van der Waals surface area contributed by atoms with Crippen LogP contribution < -0.4 is 0 Å². The van der Waals surface area contributed by atoms with Gasteiger partial charge < -0.3 is 5.11 Å². The standard InChI is InChI=1S/C10H7NOS/c11-6-8(12)10-5-7-3-1-2-4-9(7)13-10/h1-5,8,12H. The molecule has 0 aliphatic heterocycles. The van der Waals surface area contributed by atoms with Crippen molar-refractivity contribution >= 4 is 21.4 Å². The number of aliphatic hydroxyl groups is 1. The third-order valence-corrected chi connectivity index (χ3v) is 3.00. The van der Waals surface area contributed by atoms with E-state index in [9.17, 15) is 5.11 Å². The van der Waals surface area contributed by atoms with Crippen molar-refractivity contribution in [3.05, 3.63) is 35.2 Å². The Morgan fingerprint density at radius 2 is 2.15 bits per heavy atom. The monoisotopic (exact) mass is 189 g/mol. The van der Waals surface area contributed by atoms with E-state index in [2.05, 4.69) is 0 Å². The third-order valence-electron chi connectivity index (χ3n) is 1.84. The molecule has 13 heavy (non-hydrogen) atoms. The lowest BCUT2D eigenvalue weighted by atomic mass is 10.2. The Morgan fingerprint density at radius 1 is 1.38 bits per heavy atom. The van der Waals surface area contributed by atoms with Crippen molar-refractivity contribution < 1.29 is 5.11 Å². The summed E-state index contributed by atoms with van der Waals surface area (Å²) in [5, 5.41) is 18.9. The highest BCUT2D eigenvalue weighted by molar-refractivity contribution is 7.19. The van der Waals surface area contributed by atoms with E-state index >= 15 is 0 Å². The minimum Gasteiger partial charge on any atom is -0.373 e. The minimum atomic E-state index is -0.989. The zero-order valence-electron chi connectivity index (χ0n) is 6.77. The Morgan fingerprint density at radius 3 is 2.85 bits per heavy atom. The summed E-state index contributed by atoms with van der Waals surface area (Å²) in [6.45, 7) is 0. The molecule has 64 valence electrons. The molecule has 0 radical (unpaired) electrons. The van der Waals surface area contributed by atoms with Crippen LogP contribution in [-0.4, -0.2) is 5.11 Å². The van der Waals surface area contributed by atoms with Gasteiger partial charge in [0, 0.05) is 9.58 Å². The van der Waals surface area contributed by atoms with Crippen molar-refractivity contribution in [3.8, 4) is 6.07 Å². The molecular formula is C10H7NOS. The Kier molecular flexibility index (Phi) is 2.01. The van der Waals surface area contributed by atoms with Crippen molar-refractivity contribution in [2.24, 2.45) is 0 Å². The van der Waals surface area contributed by atoms with Crippen LogP contribution in [0.15, 0.2) is 30.3 Å². The number of hydrogen-bond donors (Lipinski definition) is 1. The van der Waals surface area contributed by atoms with Crippen LogP contribution in [0.2, 0.25) is 0 Å². The zero-order chi connectivity index (χ0) is 9.26. The molecule has 1 aromatic heterocycles. The average molecular weight is 189 g/mol. The SMILES string of the molecule is N#CC(O)c1cc2ccccc2s1. The molecule has 0 saturated carbocycles. The van der Waals surface area contributed by atoms with E-state index in [0.29, 0.717) is 4.88 Å². The third kappa shape index (κ3) is 1.42. The molecule has 1 heterocycles. The maximum Gasteiger partial charge on any atom is 0.175 e. The fourth-order valence-electron chi connectivity index (χ4n) is 1.20. The normalized spacial score (nSPS) is 12.6. The van der Waals surface area contributed by atoms with E-state index in [-0.39, 0.29) is 0 Å². The predicted molar refractivity (Wildman–Crippen MR) is 52.4 cm³/mol. The highest BCUT2D eigenvalue weighted by Crippen LogP contribution is 2.29. The van der Waals surface area contributed by atoms with Gasteiger partial charge in [-0.3, -0.25) is 0 Å². The molecule has 1 unspecified atom stereocenters. The number of nitriles is 1. The summed E-state index contributed by atoms with van der Waals surface area (Å²) < 4.78 is 1.10. The molecule has 0 bridgehead atoms. The molecule has 0 saturated heterocycles. The Hall–Kier alpha value is -1.37. The average Bonchev–Trinajstić information content (AvgIpc) is 2.59. The lowest BCUT2D eigenvalue weighted by molar-refractivity contribution is 0.240. The Balaban J connectivity index is 2.57. The Bertz CT molecular complexity index is 436. The molecule has 2 rings (SSSR count). The molecule has 1 N–H and O–H groups in total. The van der Waals surface area contributed by atoms with Crippen LogP contribution in [-0.2, 0) is 0 Å². The molecule has 0 aliphatic rings. The molecule has 0 spiro atoms. The van der Waals surface area contributed by atoms with E-state index in [0.717, 1.165) is 10.1 Å². The van der Waals surface area contributed by atoms with E-state index in [4.69, 9.17) is 5.26 Å². The van der Waals surface area contributed by atoms with Crippen LogP contribution in [0.1, 0.15) is 11.0 Å². The number of aliphatic hydroxyl groups excluding tert-OH is 1. The van der Waals surface area contributed by atoms with Crippen LogP contribution >= 0.6 is 11.3 Å². The molecular weight excluding hydrogens is 182 g/mol. The van der Waals surface area contributed by atoms with Gasteiger partial charge in [-0.05, 0) is 17.5 Å². The first kappa shape index (κ1) is 8.24. The Labute approximate surface area is 79.7 Å². The molecule has 1 aromatic carbocycles. The van der Waals surface area contributed by atoms with Gasteiger partial charge in [0.15, 0.2) is 6.10 Å². The van der Waals surface area contributed by atoms with Crippen molar-refractivity contribution in [2.75, 3.05) is 0 Å². The van der Waals surface area contributed by atoms with E-state index in [1.807, 2.05) is 36.4 Å². The summed E-state index contributed by atoms with van der Waals surface area (Å²) in [6.07, 6.45) is -0.989. The number of benzene rings is 1. The predicted octanol–water partition coefficient (Wildman–Crippen LogP) is 2.46. The second-order valence-electron chi connectivity index (χ2n) is 2.72. The number of nitrogens with zero attached hydrogens (tertiary/aromatic N) is 1. The van der Waals surface area contributed by atoms with Crippen LogP contribution in [0, 0.1) is 11.3 Å². The van der Waals surface area contributed by atoms with E-state index in [1.165, 1.54) is 11.3 Å². The second kappa shape index (κ2) is 3.17. The van der Waals surface area contributed by atoms with Gasteiger partial charge in [-0.25, -0.2) is 0 Å². The molecule has 0 aliphatic carbocycles. The summed E-state index contributed by atoms with van der Waals surface area (Å²) in [5.41, 5.74) is 0. The number of fused-ring (bicyclic) bond motifs is 1. The highest BCUT2D eigenvalue weighted by atomic mass is 32.1. The van der Waals surface area contributed by atoms with Crippen LogP contribution in [0.3, 0.4) is 0 Å². The van der Waals surface area contributed by atoms with Gasteiger partial charge in [-0.15, -0.1) is 11.3 Å². The topological polar surface area (TPSA) is 44.0 Å². The summed E-state index contributed by atoms with van der Waals surface area (Å²) >= 11 is 1.46. The molecule has 3 heteroatoms. The maximum atomic E-state index is 9.28. The van der Waals surface area contributed by atoms with Crippen LogP contribution in [0.25, 0.3) is 10.1 Å². The second-order valence-corrected chi connectivity index (χ2v) is 3.83. The first-order valence-corrected chi connectivity index (χ1v) is 4.69. The van der Waals surface area contributed by atoms with Crippen molar-refractivity contribution in [1.29, 1.82) is 5.26 Å². The summed E-state index contributed by atoms with van der Waals surface area (Å²) in [6, 6.07) is 11.5. The highest BCUT2D eigenvalue weighted by Gasteiger charge is 2.08. The molecule has 2 nitrogen and oxygen atoms in total. The van der Waals surface area contributed by atoms with Crippen molar-refractivity contribution in [1.82, 2.24) is 0 Å². The molecule has 1 atom stereocenters.